The lowest BCUT2D eigenvalue weighted by atomic mass is 10.2. The number of piperazine rings is 1. The number of hydrogen-bond donors (Lipinski definition) is 1. The zero-order valence-electron chi connectivity index (χ0n) is 17.3. The average molecular weight is 395 g/mol. The summed E-state index contributed by atoms with van der Waals surface area (Å²) in [5.74, 6) is -0.0353. The first-order valence-corrected chi connectivity index (χ1v) is 10.1. The molecule has 6 nitrogen and oxygen atoms in total. The van der Waals surface area contributed by atoms with Gasteiger partial charge in [0.05, 0.1) is 13.1 Å². The highest BCUT2D eigenvalue weighted by molar-refractivity contribution is 5.92. The van der Waals surface area contributed by atoms with Crippen LogP contribution in [0.25, 0.3) is 0 Å². The number of rotatable bonds is 7. The molecule has 0 aliphatic carbocycles. The summed E-state index contributed by atoms with van der Waals surface area (Å²) in [6.07, 6.45) is 0. The molecule has 0 radical (unpaired) electrons. The van der Waals surface area contributed by atoms with Crippen LogP contribution in [0.2, 0.25) is 0 Å². The van der Waals surface area contributed by atoms with Gasteiger partial charge in [0.1, 0.15) is 0 Å². The molecule has 2 aromatic carbocycles. The molecule has 29 heavy (non-hydrogen) atoms. The van der Waals surface area contributed by atoms with Crippen LogP contribution in [0.15, 0.2) is 54.6 Å². The third-order valence-electron chi connectivity index (χ3n) is 5.13. The van der Waals surface area contributed by atoms with Crippen LogP contribution in [-0.4, -0.2) is 72.8 Å². The number of nitrogens with zero attached hydrogens (tertiary/aromatic N) is 3. The first kappa shape index (κ1) is 21.0. The lowest BCUT2D eigenvalue weighted by molar-refractivity contribution is -0.134. The first-order valence-electron chi connectivity index (χ1n) is 10.1. The molecular weight excluding hydrogens is 364 g/mol. The van der Waals surface area contributed by atoms with Crippen molar-refractivity contribution in [2.24, 2.45) is 0 Å². The van der Waals surface area contributed by atoms with E-state index in [1.54, 1.807) is 11.9 Å². The molecule has 154 valence electrons. The van der Waals surface area contributed by atoms with Crippen LogP contribution < -0.4 is 5.32 Å². The Kier molecular flexibility index (Phi) is 7.38. The summed E-state index contributed by atoms with van der Waals surface area (Å²) in [6.45, 7) is 6.57. The van der Waals surface area contributed by atoms with Crippen molar-refractivity contribution >= 4 is 17.5 Å². The number of nitrogens with one attached hydrogen (secondary N) is 1. The molecule has 0 bridgehead atoms. The van der Waals surface area contributed by atoms with Crippen molar-refractivity contribution in [2.45, 2.75) is 13.5 Å². The van der Waals surface area contributed by atoms with Crippen LogP contribution in [0, 0.1) is 6.92 Å². The van der Waals surface area contributed by atoms with Gasteiger partial charge in [0.15, 0.2) is 0 Å². The Bertz CT molecular complexity index is 799. The Morgan fingerprint density at radius 2 is 1.59 bits per heavy atom. The quantitative estimate of drug-likeness (QED) is 0.782. The van der Waals surface area contributed by atoms with Crippen molar-refractivity contribution in [3.05, 3.63) is 65.7 Å². The molecule has 3 rings (SSSR count). The number of likely N-dealkylation sites (N-methyl/N-ethyl adjacent to an activating group) is 1. The third-order valence-corrected chi connectivity index (χ3v) is 5.13. The number of amides is 2. The van der Waals surface area contributed by atoms with Gasteiger partial charge in [-0.15, -0.1) is 0 Å². The predicted molar refractivity (Wildman–Crippen MR) is 116 cm³/mol. The van der Waals surface area contributed by atoms with Crippen LogP contribution in [0.3, 0.4) is 0 Å². The molecule has 1 aliphatic heterocycles. The summed E-state index contributed by atoms with van der Waals surface area (Å²) in [5, 5.41) is 2.87. The summed E-state index contributed by atoms with van der Waals surface area (Å²) < 4.78 is 0. The Labute approximate surface area is 173 Å². The number of anilines is 1. The maximum atomic E-state index is 12.6. The topological polar surface area (TPSA) is 55.9 Å². The largest absolute Gasteiger partial charge is 0.339 e. The fourth-order valence-electron chi connectivity index (χ4n) is 3.47. The van der Waals surface area contributed by atoms with Gasteiger partial charge in [0.2, 0.25) is 11.8 Å². The van der Waals surface area contributed by atoms with Crippen LogP contribution in [0.1, 0.15) is 11.1 Å². The Morgan fingerprint density at radius 1 is 0.931 bits per heavy atom. The summed E-state index contributed by atoms with van der Waals surface area (Å²) in [5.41, 5.74) is 3.22. The van der Waals surface area contributed by atoms with Gasteiger partial charge >= 0.3 is 0 Å². The van der Waals surface area contributed by atoms with Crippen molar-refractivity contribution in [1.82, 2.24) is 14.7 Å². The van der Waals surface area contributed by atoms with Crippen LogP contribution in [0.4, 0.5) is 5.69 Å². The Hall–Kier alpha value is -2.70. The fraction of sp³-hybridized carbons (Fsp3) is 0.391. The van der Waals surface area contributed by atoms with E-state index in [4.69, 9.17) is 0 Å². The molecular formula is C23H30N4O2. The highest BCUT2D eigenvalue weighted by Gasteiger charge is 2.22. The minimum Gasteiger partial charge on any atom is -0.339 e. The number of carbonyl (C=O) groups excluding carboxylic acids is 2. The van der Waals surface area contributed by atoms with E-state index in [2.05, 4.69) is 34.5 Å². The fourth-order valence-corrected chi connectivity index (χ4v) is 3.47. The van der Waals surface area contributed by atoms with Crippen LogP contribution in [-0.2, 0) is 16.1 Å². The summed E-state index contributed by atoms with van der Waals surface area (Å²) in [7, 11) is 1.80. The van der Waals surface area contributed by atoms with E-state index in [1.165, 1.54) is 5.56 Å². The molecule has 6 heteroatoms. The molecule has 1 saturated heterocycles. The second-order valence-electron chi connectivity index (χ2n) is 7.73. The molecule has 0 atom stereocenters. The zero-order valence-corrected chi connectivity index (χ0v) is 17.3. The molecule has 1 aliphatic rings. The normalized spacial score (nSPS) is 14.8. The Balaban J connectivity index is 1.38. The lowest BCUT2D eigenvalue weighted by Crippen LogP contribution is -2.51. The van der Waals surface area contributed by atoms with Gasteiger partial charge in [-0.25, -0.2) is 0 Å². The number of carbonyl (C=O) groups is 2. The highest BCUT2D eigenvalue weighted by atomic mass is 16.2. The molecule has 2 aromatic rings. The number of benzene rings is 2. The predicted octanol–water partition coefficient (Wildman–Crippen LogP) is 2.21. The Morgan fingerprint density at radius 3 is 2.24 bits per heavy atom. The van der Waals surface area contributed by atoms with Gasteiger partial charge in [-0.1, -0.05) is 48.0 Å². The average Bonchev–Trinajstić information content (AvgIpc) is 2.71. The van der Waals surface area contributed by atoms with Gasteiger partial charge < -0.3 is 10.2 Å². The maximum Gasteiger partial charge on any atom is 0.238 e. The van der Waals surface area contributed by atoms with E-state index in [-0.39, 0.29) is 24.9 Å². The van der Waals surface area contributed by atoms with E-state index in [0.29, 0.717) is 0 Å². The summed E-state index contributed by atoms with van der Waals surface area (Å²) in [6, 6.07) is 18.1. The standard InChI is InChI=1S/C23H30N4O2/c1-19-8-10-21(11-9-19)24-22(28)17-25(2)18-23(29)27-14-12-26(13-15-27)16-20-6-4-3-5-7-20/h3-11H,12-18H2,1-2H3,(H,24,28). The molecule has 0 spiro atoms. The third kappa shape index (κ3) is 6.69. The van der Waals surface area contributed by atoms with Gasteiger partial charge in [-0.2, -0.15) is 0 Å². The number of hydrogen-bond acceptors (Lipinski definition) is 4. The van der Waals surface area contributed by atoms with E-state index in [1.807, 2.05) is 42.2 Å². The summed E-state index contributed by atoms with van der Waals surface area (Å²) >= 11 is 0. The monoisotopic (exact) mass is 394 g/mol. The molecule has 1 fully saturated rings. The van der Waals surface area contributed by atoms with E-state index < -0.39 is 0 Å². The van der Waals surface area contributed by atoms with Crippen molar-refractivity contribution in [1.29, 1.82) is 0 Å². The van der Waals surface area contributed by atoms with Crippen molar-refractivity contribution in [3.8, 4) is 0 Å². The second kappa shape index (κ2) is 10.2. The molecule has 1 heterocycles. The molecule has 0 unspecified atom stereocenters. The van der Waals surface area contributed by atoms with Crippen molar-refractivity contribution < 1.29 is 9.59 Å². The van der Waals surface area contributed by atoms with Gasteiger partial charge in [-0.05, 0) is 31.7 Å². The molecule has 2 amide bonds. The van der Waals surface area contributed by atoms with Gasteiger partial charge in [-0.3, -0.25) is 19.4 Å². The van der Waals surface area contributed by atoms with Crippen molar-refractivity contribution in [2.75, 3.05) is 51.6 Å². The van der Waals surface area contributed by atoms with Gasteiger partial charge in [0, 0.05) is 38.4 Å². The maximum absolute atomic E-state index is 12.6. The van der Waals surface area contributed by atoms with Crippen LogP contribution >= 0.6 is 0 Å². The van der Waals surface area contributed by atoms with E-state index in [0.717, 1.165) is 44.0 Å². The first-order chi connectivity index (χ1) is 14.0. The minimum atomic E-state index is -0.114. The summed E-state index contributed by atoms with van der Waals surface area (Å²) in [4.78, 5) is 30.8. The van der Waals surface area contributed by atoms with Gasteiger partial charge in [0.25, 0.3) is 0 Å². The lowest BCUT2D eigenvalue weighted by Gasteiger charge is -2.35. The van der Waals surface area contributed by atoms with E-state index >= 15 is 0 Å². The smallest absolute Gasteiger partial charge is 0.238 e. The zero-order chi connectivity index (χ0) is 20.6. The highest BCUT2D eigenvalue weighted by Crippen LogP contribution is 2.10. The van der Waals surface area contributed by atoms with Crippen molar-refractivity contribution in [3.63, 3.8) is 0 Å². The van der Waals surface area contributed by atoms with E-state index in [9.17, 15) is 9.59 Å². The van der Waals surface area contributed by atoms with Crippen LogP contribution in [0.5, 0.6) is 0 Å². The molecule has 0 saturated carbocycles. The molecule has 0 aromatic heterocycles. The minimum absolute atomic E-state index is 0.0787. The number of aryl methyl sites for hydroxylation is 1. The second-order valence-corrected chi connectivity index (χ2v) is 7.73. The SMILES string of the molecule is Cc1ccc(NC(=O)CN(C)CC(=O)N2CCN(Cc3ccccc3)CC2)cc1. The molecule has 1 N–H and O–H groups in total.